The van der Waals surface area contributed by atoms with E-state index in [1.165, 1.54) is 10.4 Å². The van der Waals surface area contributed by atoms with Crippen LogP contribution in [0, 0.1) is 20.8 Å². The molecule has 6 heteroatoms. The molecule has 0 aliphatic carbocycles. The van der Waals surface area contributed by atoms with E-state index in [9.17, 15) is 0 Å². The van der Waals surface area contributed by atoms with Gasteiger partial charge in [-0.05, 0) is 39.3 Å². The second-order valence-electron chi connectivity index (χ2n) is 5.61. The maximum Gasteiger partial charge on any atom is 0.191 e. The lowest BCUT2D eigenvalue weighted by Crippen LogP contribution is -2.36. The SMILES string of the molecule is CCNC(=NCc1ccc(C)cc1OC)NCc1sc(C)nc1C. The molecule has 0 saturated heterocycles. The summed E-state index contributed by atoms with van der Waals surface area (Å²) in [6.07, 6.45) is 0. The first-order valence-corrected chi connectivity index (χ1v) is 8.93. The highest BCUT2D eigenvalue weighted by Crippen LogP contribution is 2.20. The lowest BCUT2D eigenvalue weighted by atomic mass is 10.1. The number of aliphatic imine (C=N–C) groups is 1. The van der Waals surface area contributed by atoms with Gasteiger partial charge in [0.05, 0.1) is 30.9 Å². The highest BCUT2D eigenvalue weighted by atomic mass is 32.1. The molecule has 5 nitrogen and oxygen atoms in total. The summed E-state index contributed by atoms with van der Waals surface area (Å²) in [5, 5.41) is 7.75. The van der Waals surface area contributed by atoms with Gasteiger partial charge in [0.15, 0.2) is 5.96 Å². The number of nitrogens with one attached hydrogen (secondary N) is 2. The summed E-state index contributed by atoms with van der Waals surface area (Å²) in [5.41, 5.74) is 3.34. The Morgan fingerprint density at radius 1 is 1.25 bits per heavy atom. The van der Waals surface area contributed by atoms with Gasteiger partial charge in [0.25, 0.3) is 0 Å². The Kier molecular flexibility index (Phi) is 6.61. The van der Waals surface area contributed by atoms with Crippen LogP contribution in [-0.2, 0) is 13.1 Å². The number of methoxy groups -OCH3 is 1. The Labute approximate surface area is 148 Å². The van der Waals surface area contributed by atoms with Crippen LogP contribution in [0.4, 0.5) is 0 Å². The average molecular weight is 347 g/mol. The number of aryl methyl sites for hydroxylation is 3. The van der Waals surface area contributed by atoms with Crippen molar-refractivity contribution in [3.8, 4) is 5.75 Å². The molecule has 0 aliphatic rings. The zero-order valence-corrected chi connectivity index (χ0v) is 15.9. The lowest BCUT2D eigenvalue weighted by molar-refractivity contribution is 0.409. The van der Waals surface area contributed by atoms with Crippen molar-refractivity contribution < 1.29 is 4.74 Å². The van der Waals surface area contributed by atoms with Crippen LogP contribution in [0.1, 0.15) is 33.6 Å². The van der Waals surface area contributed by atoms with Gasteiger partial charge in [-0.3, -0.25) is 0 Å². The molecule has 2 aromatic rings. The number of ether oxygens (including phenoxy) is 1. The maximum atomic E-state index is 5.45. The number of aromatic nitrogens is 1. The fraction of sp³-hybridized carbons (Fsp3) is 0.444. The van der Waals surface area contributed by atoms with Gasteiger partial charge in [0.2, 0.25) is 0 Å². The van der Waals surface area contributed by atoms with Gasteiger partial charge in [0.1, 0.15) is 5.75 Å². The molecular weight excluding hydrogens is 320 g/mol. The number of nitrogens with zero attached hydrogens (tertiary/aromatic N) is 2. The van der Waals surface area contributed by atoms with Gasteiger partial charge < -0.3 is 15.4 Å². The molecule has 0 fully saturated rings. The number of guanidine groups is 1. The van der Waals surface area contributed by atoms with Crippen molar-refractivity contribution >= 4 is 17.3 Å². The molecule has 2 rings (SSSR count). The molecule has 0 unspecified atom stereocenters. The summed E-state index contributed by atoms with van der Waals surface area (Å²) in [6.45, 7) is 10.3. The second kappa shape index (κ2) is 8.68. The zero-order chi connectivity index (χ0) is 17.5. The molecule has 1 aromatic heterocycles. The Hall–Kier alpha value is -2.08. The first-order valence-electron chi connectivity index (χ1n) is 8.12. The van der Waals surface area contributed by atoms with E-state index in [1.807, 2.05) is 19.9 Å². The summed E-state index contributed by atoms with van der Waals surface area (Å²) in [4.78, 5) is 10.4. The summed E-state index contributed by atoms with van der Waals surface area (Å²) < 4.78 is 5.45. The average Bonchev–Trinajstić information content (AvgIpc) is 2.88. The minimum Gasteiger partial charge on any atom is -0.496 e. The van der Waals surface area contributed by atoms with Gasteiger partial charge in [-0.1, -0.05) is 12.1 Å². The van der Waals surface area contributed by atoms with E-state index < -0.39 is 0 Å². The highest BCUT2D eigenvalue weighted by molar-refractivity contribution is 7.11. The molecule has 0 aliphatic heterocycles. The number of thiazole rings is 1. The summed E-state index contributed by atoms with van der Waals surface area (Å²) >= 11 is 1.72. The first kappa shape index (κ1) is 18.3. The molecule has 1 aromatic carbocycles. The molecule has 2 N–H and O–H groups in total. The van der Waals surface area contributed by atoms with Gasteiger partial charge in [0, 0.05) is 17.0 Å². The predicted molar refractivity (Wildman–Crippen MR) is 101 cm³/mol. The predicted octanol–water partition coefficient (Wildman–Crippen LogP) is 3.33. The molecule has 130 valence electrons. The van der Waals surface area contributed by atoms with Crippen LogP contribution >= 0.6 is 11.3 Å². The van der Waals surface area contributed by atoms with E-state index in [1.54, 1.807) is 18.4 Å². The Morgan fingerprint density at radius 3 is 2.67 bits per heavy atom. The number of hydrogen-bond donors (Lipinski definition) is 2. The number of rotatable bonds is 6. The van der Waals surface area contributed by atoms with Gasteiger partial charge in [-0.15, -0.1) is 11.3 Å². The van der Waals surface area contributed by atoms with Crippen LogP contribution < -0.4 is 15.4 Å². The van der Waals surface area contributed by atoms with E-state index >= 15 is 0 Å². The summed E-state index contributed by atoms with van der Waals surface area (Å²) in [7, 11) is 1.69. The van der Waals surface area contributed by atoms with E-state index in [-0.39, 0.29) is 0 Å². The number of benzene rings is 1. The molecule has 0 atom stereocenters. The van der Waals surface area contributed by atoms with Gasteiger partial charge in [-0.2, -0.15) is 0 Å². The third kappa shape index (κ3) is 4.96. The fourth-order valence-corrected chi connectivity index (χ4v) is 3.27. The molecule has 0 radical (unpaired) electrons. The minimum absolute atomic E-state index is 0.569. The topological polar surface area (TPSA) is 58.5 Å². The third-order valence-corrected chi connectivity index (χ3v) is 4.68. The standard InChI is InChI=1S/C18H26N4OS/c1-6-19-18(21-11-17-13(3)22-14(4)24-17)20-10-15-8-7-12(2)9-16(15)23-5/h7-9H,6,10-11H2,1-5H3,(H2,19,20,21). The molecule has 0 saturated carbocycles. The largest absolute Gasteiger partial charge is 0.496 e. The quantitative estimate of drug-likeness (QED) is 0.622. The first-order chi connectivity index (χ1) is 11.5. The van der Waals surface area contributed by atoms with Crippen LogP contribution in [0.3, 0.4) is 0 Å². The van der Waals surface area contributed by atoms with Crippen LogP contribution in [0.2, 0.25) is 0 Å². The van der Waals surface area contributed by atoms with Crippen LogP contribution in [0.15, 0.2) is 23.2 Å². The Bertz CT molecular complexity index is 709. The smallest absolute Gasteiger partial charge is 0.191 e. The molecule has 0 bridgehead atoms. The van der Waals surface area contributed by atoms with Crippen LogP contribution in [-0.4, -0.2) is 24.6 Å². The second-order valence-corrected chi connectivity index (χ2v) is 6.89. The van der Waals surface area contributed by atoms with Crippen molar-refractivity contribution in [2.75, 3.05) is 13.7 Å². The van der Waals surface area contributed by atoms with Crippen molar-refractivity contribution in [3.05, 3.63) is 44.9 Å². The van der Waals surface area contributed by atoms with E-state index in [0.717, 1.165) is 41.1 Å². The molecule has 1 heterocycles. The zero-order valence-electron chi connectivity index (χ0n) is 15.1. The number of hydrogen-bond acceptors (Lipinski definition) is 4. The van der Waals surface area contributed by atoms with E-state index in [2.05, 4.69) is 46.6 Å². The van der Waals surface area contributed by atoms with Crippen molar-refractivity contribution in [1.82, 2.24) is 15.6 Å². The molecule has 0 amide bonds. The summed E-state index contributed by atoms with van der Waals surface area (Å²) in [6, 6.07) is 6.18. The lowest BCUT2D eigenvalue weighted by Gasteiger charge is -2.12. The molecular formula is C18H26N4OS. The minimum atomic E-state index is 0.569. The molecule has 24 heavy (non-hydrogen) atoms. The van der Waals surface area contributed by atoms with Crippen molar-refractivity contribution in [2.24, 2.45) is 4.99 Å². The third-order valence-electron chi connectivity index (χ3n) is 3.61. The van der Waals surface area contributed by atoms with E-state index in [4.69, 9.17) is 4.74 Å². The molecule has 0 spiro atoms. The maximum absolute atomic E-state index is 5.45. The monoisotopic (exact) mass is 346 g/mol. The van der Waals surface area contributed by atoms with Crippen LogP contribution in [0.5, 0.6) is 5.75 Å². The van der Waals surface area contributed by atoms with Gasteiger partial charge >= 0.3 is 0 Å². The Morgan fingerprint density at radius 2 is 2.04 bits per heavy atom. The van der Waals surface area contributed by atoms with Crippen molar-refractivity contribution in [3.63, 3.8) is 0 Å². The van der Waals surface area contributed by atoms with E-state index in [0.29, 0.717) is 6.54 Å². The fourth-order valence-electron chi connectivity index (χ4n) is 2.39. The van der Waals surface area contributed by atoms with Crippen molar-refractivity contribution in [2.45, 2.75) is 40.8 Å². The highest BCUT2D eigenvalue weighted by Gasteiger charge is 2.07. The normalized spacial score (nSPS) is 11.5. The van der Waals surface area contributed by atoms with Gasteiger partial charge in [-0.25, -0.2) is 9.98 Å². The van der Waals surface area contributed by atoms with Crippen molar-refractivity contribution in [1.29, 1.82) is 0 Å². The van der Waals surface area contributed by atoms with Crippen LogP contribution in [0.25, 0.3) is 0 Å². The Balaban J connectivity index is 2.06. The summed E-state index contributed by atoms with van der Waals surface area (Å²) in [5.74, 6) is 1.68.